The maximum atomic E-state index is 12.9. The lowest BCUT2D eigenvalue weighted by molar-refractivity contribution is -0.148. The fourth-order valence-corrected chi connectivity index (χ4v) is 4.16. The molecule has 1 fully saturated rings. The molecule has 1 saturated heterocycles. The number of para-hydroxylation sites is 1. The second-order valence-corrected chi connectivity index (χ2v) is 7.87. The number of piperazine rings is 1. The number of rotatable bonds is 5. The monoisotopic (exact) mass is 425 g/mol. The fraction of sp³-hybridized carbons (Fsp3) is 0.304. The second kappa shape index (κ2) is 8.90. The lowest BCUT2D eigenvalue weighted by Gasteiger charge is -2.38. The van der Waals surface area contributed by atoms with Gasteiger partial charge in [0, 0.05) is 48.3 Å². The van der Waals surface area contributed by atoms with Gasteiger partial charge in [0.1, 0.15) is 6.04 Å². The number of esters is 1. The normalized spacial score (nSPS) is 15.9. The number of aromatic amines is 1. The number of halogens is 1. The molecule has 0 bridgehead atoms. The highest BCUT2D eigenvalue weighted by atomic mass is 35.5. The number of hydrogen-bond donors (Lipinski definition) is 1. The summed E-state index contributed by atoms with van der Waals surface area (Å²) in [5.74, 6) is -0.212. The first-order chi connectivity index (χ1) is 14.6. The Morgan fingerprint density at radius 1 is 1.07 bits per heavy atom. The summed E-state index contributed by atoms with van der Waals surface area (Å²) in [6.07, 6.45) is 2.27. The minimum Gasteiger partial charge on any atom is -0.468 e. The first-order valence-electron chi connectivity index (χ1n) is 9.97. The highest BCUT2D eigenvalue weighted by Gasteiger charge is 2.32. The number of carbonyl (C=O) groups excluding carboxylic acids is 2. The summed E-state index contributed by atoms with van der Waals surface area (Å²) in [6, 6.07) is 14.7. The van der Waals surface area contributed by atoms with Gasteiger partial charge < -0.3 is 14.6 Å². The van der Waals surface area contributed by atoms with E-state index in [4.69, 9.17) is 16.3 Å². The molecule has 2 heterocycles. The molecule has 2 aromatic carbocycles. The van der Waals surface area contributed by atoms with Crippen LogP contribution in [0.5, 0.6) is 0 Å². The number of amides is 1. The molecule has 0 spiro atoms. The van der Waals surface area contributed by atoms with Crippen molar-refractivity contribution in [3.05, 3.63) is 70.9 Å². The van der Waals surface area contributed by atoms with Crippen LogP contribution in [0, 0.1) is 0 Å². The van der Waals surface area contributed by atoms with Crippen LogP contribution in [-0.2, 0) is 20.7 Å². The van der Waals surface area contributed by atoms with Crippen molar-refractivity contribution in [1.29, 1.82) is 0 Å². The van der Waals surface area contributed by atoms with E-state index in [1.54, 1.807) is 12.1 Å². The van der Waals surface area contributed by atoms with Crippen molar-refractivity contribution in [3.63, 3.8) is 0 Å². The maximum Gasteiger partial charge on any atom is 0.327 e. The second-order valence-electron chi connectivity index (χ2n) is 7.43. The number of methoxy groups -OCH3 is 1. The van der Waals surface area contributed by atoms with Crippen molar-refractivity contribution in [2.75, 3.05) is 33.3 Å². The molecule has 3 aromatic rings. The molecule has 4 rings (SSSR count). The van der Waals surface area contributed by atoms with Crippen LogP contribution in [0.4, 0.5) is 0 Å². The summed E-state index contributed by atoms with van der Waals surface area (Å²) in [5.41, 5.74) is 2.88. The summed E-state index contributed by atoms with van der Waals surface area (Å²) in [7, 11) is 1.40. The molecule has 1 N–H and O–H groups in total. The van der Waals surface area contributed by atoms with Gasteiger partial charge in [-0.15, -0.1) is 0 Å². The van der Waals surface area contributed by atoms with Crippen LogP contribution in [0.3, 0.4) is 0 Å². The Hall–Kier alpha value is -2.83. The van der Waals surface area contributed by atoms with Gasteiger partial charge in [-0.05, 0) is 29.3 Å². The number of hydrogen-bond acceptors (Lipinski definition) is 4. The van der Waals surface area contributed by atoms with Crippen molar-refractivity contribution in [2.24, 2.45) is 0 Å². The van der Waals surface area contributed by atoms with Crippen LogP contribution < -0.4 is 0 Å². The largest absolute Gasteiger partial charge is 0.468 e. The number of nitrogens with one attached hydrogen (secondary N) is 1. The van der Waals surface area contributed by atoms with Gasteiger partial charge >= 0.3 is 5.97 Å². The van der Waals surface area contributed by atoms with Crippen molar-refractivity contribution >= 4 is 34.4 Å². The third-order valence-electron chi connectivity index (χ3n) is 5.66. The zero-order valence-corrected chi connectivity index (χ0v) is 17.6. The Morgan fingerprint density at radius 3 is 2.47 bits per heavy atom. The number of carbonyl (C=O) groups is 2. The average Bonchev–Trinajstić information content (AvgIpc) is 3.18. The van der Waals surface area contributed by atoms with E-state index in [0.29, 0.717) is 37.6 Å². The minimum absolute atomic E-state index is 0.0977. The van der Waals surface area contributed by atoms with Crippen LogP contribution >= 0.6 is 11.6 Å². The lowest BCUT2D eigenvalue weighted by Crippen LogP contribution is -2.51. The number of aromatic nitrogens is 1. The molecule has 0 aliphatic carbocycles. The van der Waals surface area contributed by atoms with Crippen molar-refractivity contribution in [2.45, 2.75) is 12.5 Å². The molecule has 1 aromatic heterocycles. The third kappa shape index (κ3) is 4.20. The van der Waals surface area contributed by atoms with E-state index >= 15 is 0 Å². The van der Waals surface area contributed by atoms with Gasteiger partial charge in [-0.25, -0.2) is 4.79 Å². The zero-order valence-electron chi connectivity index (χ0n) is 16.8. The molecular formula is C23H24ClN3O3. The van der Waals surface area contributed by atoms with E-state index in [2.05, 4.69) is 9.88 Å². The van der Waals surface area contributed by atoms with E-state index in [1.165, 1.54) is 7.11 Å². The summed E-state index contributed by atoms with van der Waals surface area (Å²) in [6.45, 7) is 2.34. The number of benzene rings is 2. The smallest absolute Gasteiger partial charge is 0.327 e. The van der Waals surface area contributed by atoms with Gasteiger partial charge in [0.05, 0.1) is 13.5 Å². The Kier molecular flexibility index (Phi) is 6.06. The Bertz CT molecular complexity index is 1040. The Balaban J connectivity index is 1.42. The van der Waals surface area contributed by atoms with Crippen LogP contribution in [0.1, 0.15) is 17.2 Å². The molecule has 0 saturated carbocycles. The average molecular weight is 426 g/mol. The minimum atomic E-state index is -0.502. The van der Waals surface area contributed by atoms with Crippen LogP contribution in [0.25, 0.3) is 10.9 Å². The van der Waals surface area contributed by atoms with E-state index in [1.807, 2.05) is 47.5 Å². The fourth-order valence-electron chi connectivity index (χ4n) is 4.03. The van der Waals surface area contributed by atoms with Crippen LogP contribution in [-0.4, -0.2) is 59.9 Å². The first kappa shape index (κ1) is 20.4. The van der Waals surface area contributed by atoms with Crippen molar-refractivity contribution in [3.8, 4) is 0 Å². The van der Waals surface area contributed by atoms with Crippen molar-refractivity contribution < 1.29 is 14.3 Å². The molecule has 7 heteroatoms. The number of H-pyrrole nitrogens is 1. The van der Waals surface area contributed by atoms with Crippen LogP contribution in [0.2, 0.25) is 5.02 Å². The molecule has 0 radical (unpaired) electrons. The standard InChI is InChI=1S/C23H24ClN3O3/c1-30-23(29)22(16-6-8-18(24)9-7-16)27-12-10-26(11-13-27)21(28)14-17-15-25-20-5-3-2-4-19(17)20/h2-9,15,22,25H,10-14H2,1H3. The molecule has 1 aliphatic heterocycles. The van der Waals surface area contributed by atoms with Gasteiger partial charge in [0.25, 0.3) is 0 Å². The summed E-state index contributed by atoms with van der Waals surface area (Å²) >= 11 is 5.99. The third-order valence-corrected chi connectivity index (χ3v) is 5.91. The van der Waals surface area contributed by atoms with E-state index in [9.17, 15) is 9.59 Å². The van der Waals surface area contributed by atoms with Crippen molar-refractivity contribution in [1.82, 2.24) is 14.8 Å². The predicted molar refractivity (Wildman–Crippen MR) is 116 cm³/mol. The molecule has 156 valence electrons. The maximum absolute atomic E-state index is 12.9. The molecule has 1 unspecified atom stereocenters. The van der Waals surface area contributed by atoms with E-state index in [0.717, 1.165) is 22.0 Å². The predicted octanol–water partition coefficient (Wildman–Crippen LogP) is 3.42. The van der Waals surface area contributed by atoms with Gasteiger partial charge in [0.15, 0.2) is 0 Å². The SMILES string of the molecule is COC(=O)C(c1ccc(Cl)cc1)N1CCN(C(=O)Cc2c[nH]c3ccccc23)CC1. The summed E-state index contributed by atoms with van der Waals surface area (Å²) in [5, 5.41) is 1.70. The highest BCUT2D eigenvalue weighted by Crippen LogP contribution is 2.26. The summed E-state index contributed by atoms with van der Waals surface area (Å²) < 4.78 is 5.04. The molecule has 1 atom stereocenters. The molecule has 1 amide bonds. The number of nitrogens with zero attached hydrogens (tertiary/aromatic N) is 2. The van der Waals surface area contributed by atoms with Gasteiger partial charge in [-0.1, -0.05) is 41.9 Å². The lowest BCUT2D eigenvalue weighted by atomic mass is 10.0. The highest BCUT2D eigenvalue weighted by molar-refractivity contribution is 6.30. The van der Waals surface area contributed by atoms with Gasteiger partial charge in [-0.2, -0.15) is 0 Å². The van der Waals surface area contributed by atoms with Crippen LogP contribution in [0.15, 0.2) is 54.7 Å². The topological polar surface area (TPSA) is 65.6 Å². The summed E-state index contributed by atoms with van der Waals surface area (Å²) in [4.78, 5) is 32.5. The number of fused-ring (bicyclic) bond motifs is 1. The molecule has 1 aliphatic rings. The Labute approximate surface area is 180 Å². The number of ether oxygens (including phenoxy) is 1. The van der Waals surface area contributed by atoms with Gasteiger partial charge in [-0.3, -0.25) is 9.69 Å². The Morgan fingerprint density at radius 2 is 1.77 bits per heavy atom. The van der Waals surface area contributed by atoms with E-state index in [-0.39, 0.29) is 11.9 Å². The molecular weight excluding hydrogens is 402 g/mol. The molecule has 6 nitrogen and oxygen atoms in total. The van der Waals surface area contributed by atoms with Gasteiger partial charge in [0.2, 0.25) is 5.91 Å². The quantitative estimate of drug-likeness (QED) is 0.636. The molecule has 30 heavy (non-hydrogen) atoms. The van der Waals surface area contributed by atoms with E-state index < -0.39 is 6.04 Å². The zero-order chi connectivity index (χ0) is 21.1. The first-order valence-corrected chi connectivity index (χ1v) is 10.3.